The zero-order valence-electron chi connectivity index (χ0n) is 10.5. The van der Waals surface area contributed by atoms with Crippen LogP contribution in [0.3, 0.4) is 0 Å². The number of fused-ring (bicyclic) bond motifs is 1. The molecule has 0 fully saturated rings. The standard InChI is InChI=1S/C13H12Cl2N4O/c14-11-16-12(15)18-13(17-11)19-6-9-4-2-1-3-8(9)5-10(19)7-20/h1-4,10,20H,5-7H2/t10-/m0/s1. The highest BCUT2D eigenvalue weighted by Gasteiger charge is 2.27. The molecule has 0 saturated carbocycles. The number of halogens is 2. The summed E-state index contributed by atoms with van der Waals surface area (Å²) in [4.78, 5) is 13.9. The number of anilines is 1. The van der Waals surface area contributed by atoms with Crippen molar-refractivity contribution in [3.63, 3.8) is 0 Å². The van der Waals surface area contributed by atoms with E-state index < -0.39 is 0 Å². The number of rotatable bonds is 2. The third-order valence-electron chi connectivity index (χ3n) is 3.39. The van der Waals surface area contributed by atoms with Crippen LogP contribution < -0.4 is 4.90 Å². The molecule has 1 atom stereocenters. The quantitative estimate of drug-likeness (QED) is 0.920. The second-order valence-corrected chi connectivity index (χ2v) is 5.29. The highest BCUT2D eigenvalue weighted by Crippen LogP contribution is 2.27. The first-order valence-corrected chi connectivity index (χ1v) is 6.94. The van der Waals surface area contributed by atoms with Gasteiger partial charge in [0.2, 0.25) is 16.5 Å². The topological polar surface area (TPSA) is 62.1 Å². The average molecular weight is 311 g/mol. The Labute approximate surface area is 126 Å². The molecule has 1 aromatic heterocycles. The van der Waals surface area contributed by atoms with Gasteiger partial charge in [0.1, 0.15) is 0 Å². The molecule has 0 aliphatic carbocycles. The number of aliphatic hydroxyl groups is 1. The summed E-state index contributed by atoms with van der Waals surface area (Å²) in [5.74, 6) is 0.392. The maximum atomic E-state index is 9.61. The summed E-state index contributed by atoms with van der Waals surface area (Å²) in [6.07, 6.45) is 0.730. The van der Waals surface area contributed by atoms with Crippen LogP contribution >= 0.6 is 23.2 Å². The van der Waals surface area contributed by atoms with Crippen molar-refractivity contribution in [2.75, 3.05) is 11.5 Å². The van der Waals surface area contributed by atoms with E-state index in [4.69, 9.17) is 23.2 Å². The molecule has 0 saturated heterocycles. The van der Waals surface area contributed by atoms with Gasteiger partial charge in [0, 0.05) is 6.54 Å². The molecule has 7 heteroatoms. The third-order valence-corrected chi connectivity index (χ3v) is 3.73. The maximum Gasteiger partial charge on any atom is 0.231 e. The van der Waals surface area contributed by atoms with E-state index in [-0.39, 0.29) is 23.2 Å². The fraction of sp³-hybridized carbons (Fsp3) is 0.308. The number of aromatic nitrogens is 3. The molecule has 0 unspecified atom stereocenters. The molecule has 2 aromatic rings. The highest BCUT2D eigenvalue weighted by molar-refractivity contribution is 6.31. The van der Waals surface area contributed by atoms with Crippen molar-refractivity contribution in [1.29, 1.82) is 0 Å². The van der Waals surface area contributed by atoms with Crippen LogP contribution in [-0.4, -0.2) is 32.7 Å². The Morgan fingerprint density at radius 1 is 1.10 bits per heavy atom. The molecule has 0 radical (unpaired) electrons. The zero-order chi connectivity index (χ0) is 14.1. The van der Waals surface area contributed by atoms with Crippen molar-refractivity contribution in [2.45, 2.75) is 19.0 Å². The lowest BCUT2D eigenvalue weighted by Gasteiger charge is -2.35. The molecule has 20 heavy (non-hydrogen) atoms. The summed E-state index contributed by atoms with van der Waals surface area (Å²) in [5.41, 5.74) is 2.42. The predicted molar refractivity (Wildman–Crippen MR) is 77.0 cm³/mol. The van der Waals surface area contributed by atoms with Crippen LogP contribution in [0.5, 0.6) is 0 Å². The lowest BCUT2D eigenvalue weighted by Crippen LogP contribution is -2.43. The van der Waals surface area contributed by atoms with Gasteiger partial charge in [-0.05, 0) is 40.7 Å². The third kappa shape index (κ3) is 2.57. The second kappa shape index (κ2) is 5.52. The van der Waals surface area contributed by atoms with Crippen LogP contribution in [0.15, 0.2) is 24.3 Å². The molecule has 1 N–H and O–H groups in total. The highest BCUT2D eigenvalue weighted by atomic mass is 35.5. The zero-order valence-corrected chi connectivity index (χ0v) is 12.0. The molecule has 0 spiro atoms. The van der Waals surface area contributed by atoms with Crippen LogP contribution in [0.1, 0.15) is 11.1 Å². The summed E-state index contributed by atoms with van der Waals surface area (Å²) in [6, 6.07) is 8.02. The first-order chi connectivity index (χ1) is 9.67. The molecular formula is C13H12Cl2N4O. The summed E-state index contributed by atoms with van der Waals surface area (Å²) < 4.78 is 0. The maximum absolute atomic E-state index is 9.61. The molecule has 0 bridgehead atoms. The van der Waals surface area contributed by atoms with Gasteiger partial charge in [-0.3, -0.25) is 0 Å². The SMILES string of the molecule is OC[C@@H]1Cc2ccccc2CN1c1nc(Cl)nc(Cl)n1. The molecule has 1 aliphatic rings. The molecule has 2 heterocycles. The molecule has 3 rings (SSSR count). The van der Waals surface area contributed by atoms with Crippen LogP contribution in [0.2, 0.25) is 10.6 Å². The van der Waals surface area contributed by atoms with E-state index >= 15 is 0 Å². The minimum atomic E-state index is -0.0977. The summed E-state index contributed by atoms with van der Waals surface area (Å²) in [6.45, 7) is 0.618. The number of benzene rings is 1. The van der Waals surface area contributed by atoms with E-state index in [1.807, 2.05) is 17.0 Å². The first kappa shape index (κ1) is 13.5. The normalized spacial score (nSPS) is 17.9. The number of nitrogens with zero attached hydrogens (tertiary/aromatic N) is 4. The van der Waals surface area contributed by atoms with Gasteiger partial charge < -0.3 is 10.0 Å². The monoisotopic (exact) mass is 310 g/mol. The van der Waals surface area contributed by atoms with E-state index in [0.29, 0.717) is 12.5 Å². The van der Waals surface area contributed by atoms with Crippen LogP contribution in [0.25, 0.3) is 0 Å². The molecule has 1 aromatic carbocycles. The van der Waals surface area contributed by atoms with Gasteiger partial charge in [-0.15, -0.1) is 0 Å². The Morgan fingerprint density at radius 3 is 2.40 bits per heavy atom. The van der Waals surface area contributed by atoms with Gasteiger partial charge in [0.15, 0.2) is 0 Å². The molecule has 0 amide bonds. The van der Waals surface area contributed by atoms with E-state index in [2.05, 4.69) is 27.1 Å². The molecule has 104 valence electrons. The lowest BCUT2D eigenvalue weighted by molar-refractivity contribution is 0.252. The van der Waals surface area contributed by atoms with Crippen molar-refractivity contribution in [1.82, 2.24) is 15.0 Å². The van der Waals surface area contributed by atoms with Gasteiger partial charge >= 0.3 is 0 Å². The Balaban J connectivity index is 2.00. The number of aliphatic hydroxyl groups excluding tert-OH is 1. The van der Waals surface area contributed by atoms with E-state index in [9.17, 15) is 5.11 Å². The Hall–Kier alpha value is -1.43. The van der Waals surface area contributed by atoms with Crippen molar-refractivity contribution >= 4 is 29.2 Å². The second-order valence-electron chi connectivity index (χ2n) is 4.61. The van der Waals surface area contributed by atoms with Gasteiger partial charge in [-0.1, -0.05) is 24.3 Å². The van der Waals surface area contributed by atoms with Gasteiger partial charge in [0.25, 0.3) is 0 Å². The Bertz CT molecular complexity index is 617. The Kier molecular flexibility index (Phi) is 3.74. The molecular weight excluding hydrogens is 299 g/mol. The van der Waals surface area contributed by atoms with Crippen LogP contribution in [0, 0.1) is 0 Å². The first-order valence-electron chi connectivity index (χ1n) is 6.18. The summed E-state index contributed by atoms with van der Waals surface area (Å²) in [5, 5.41) is 9.71. The van der Waals surface area contributed by atoms with Gasteiger partial charge in [-0.2, -0.15) is 15.0 Å². The summed E-state index contributed by atoms with van der Waals surface area (Å²) >= 11 is 11.6. The van der Waals surface area contributed by atoms with Gasteiger partial charge in [-0.25, -0.2) is 0 Å². The minimum absolute atomic E-state index is 0.00918. The van der Waals surface area contributed by atoms with Gasteiger partial charge in [0.05, 0.1) is 12.6 Å². The van der Waals surface area contributed by atoms with Crippen LogP contribution in [0.4, 0.5) is 5.95 Å². The van der Waals surface area contributed by atoms with Crippen molar-refractivity contribution < 1.29 is 5.11 Å². The van der Waals surface area contributed by atoms with E-state index in [0.717, 1.165) is 6.42 Å². The number of hydrogen-bond acceptors (Lipinski definition) is 5. The fourth-order valence-corrected chi connectivity index (χ4v) is 2.78. The predicted octanol–water partition coefficient (Wildman–Crippen LogP) is 2.10. The van der Waals surface area contributed by atoms with Crippen molar-refractivity contribution in [3.05, 3.63) is 46.0 Å². The summed E-state index contributed by atoms with van der Waals surface area (Å²) in [7, 11) is 0. The van der Waals surface area contributed by atoms with Crippen LogP contribution in [-0.2, 0) is 13.0 Å². The van der Waals surface area contributed by atoms with Crippen molar-refractivity contribution in [3.8, 4) is 0 Å². The van der Waals surface area contributed by atoms with E-state index in [1.165, 1.54) is 11.1 Å². The smallest absolute Gasteiger partial charge is 0.231 e. The Morgan fingerprint density at radius 2 is 1.75 bits per heavy atom. The molecule has 1 aliphatic heterocycles. The van der Waals surface area contributed by atoms with E-state index in [1.54, 1.807) is 0 Å². The van der Waals surface area contributed by atoms with Crippen molar-refractivity contribution in [2.24, 2.45) is 0 Å². The minimum Gasteiger partial charge on any atom is -0.394 e. The largest absolute Gasteiger partial charge is 0.394 e. The number of hydrogen-bond donors (Lipinski definition) is 1. The molecule has 5 nitrogen and oxygen atoms in total. The average Bonchev–Trinajstić information content (AvgIpc) is 2.44. The fourth-order valence-electron chi connectivity index (χ4n) is 2.43. The lowest BCUT2D eigenvalue weighted by atomic mass is 9.95.